The van der Waals surface area contributed by atoms with E-state index in [9.17, 15) is 0 Å². The molecule has 102 valence electrons. The highest BCUT2D eigenvalue weighted by molar-refractivity contribution is 4.84. The van der Waals surface area contributed by atoms with Gasteiger partial charge in [-0.2, -0.15) is 0 Å². The van der Waals surface area contributed by atoms with E-state index in [1.54, 1.807) is 0 Å². The summed E-state index contributed by atoms with van der Waals surface area (Å²) in [5, 5.41) is 3.49. The zero-order valence-corrected chi connectivity index (χ0v) is 12.2. The van der Waals surface area contributed by atoms with Gasteiger partial charge < -0.3 is 10.1 Å². The Morgan fingerprint density at radius 2 is 1.82 bits per heavy atom. The minimum absolute atomic E-state index is 0.424. The van der Waals surface area contributed by atoms with Crippen LogP contribution in [0.25, 0.3) is 0 Å². The number of hydrogen-bond donors (Lipinski definition) is 1. The van der Waals surface area contributed by atoms with Crippen LogP contribution >= 0.6 is 0 Å². The third-order valence-electron chi connectivity index (χ3n) is 3.97. The molecule has 0 amide bonds. The molecule has 1 saturated carbocycles. The van der Waals surface area contributed by atoms with Crippen LogP contribution in [-0.2, 0) is 4.74 Å². The molecule has 2 heteroatoms. The fourth-order valence-corrected chi connectivity index (χ4v) is 3.16. The van der Waals surface area contributed by atoms with Gasteiger partial charge in [-0.05, 0) is 45.1 Å². The molecule has 0 bridgehead atoms. The van der Waals surface area contributed by atoms with Gasteiger partial charge in [0, 0.05) is 12.6 Å². The number of rotatable bonds is 7. The van der Waals surface area contributed by atoms with Crippen molar-refractivity contribution in [1.82, 2.24) is 5.32 Å². The van der Waals surface area contributed by atoms with Gasteiger partial charge in [-0.3, -0.25) is 0 Å². The van der Waals surface area contributed by atoms with E-state index in [1.165, 1.54) is 38.5 Å². The Bertz CT molecular complexity index is 187. The second-order valence-electron chi connectivity index (χ2n) is 5.84. The molecule has 0 aromatic rings. The van der Waals surface area contributed by atoms with E-state index in [1.807, 2.05) is 0 Å². The van der Waals surface area contributed by atoms with Crippen molar-refractivity contribution >= 4 is 0 Å². The van der Waals surface area contributed by atoms with Gasteiger partial charge in [-0.25, -0.2) is 0 Å². The lowest BCUT2D eigenvalue weighted by Crippen LogP contribution is -2.45. The van der Waals surface area contributed by atoms with Gasteiger partial charge in [0.1, 0.15) is 0 Å². The summed E-state index contributed by atoms with van der Waals surface area (Å²) in [6.45, 7) is 7.57. The van der Waals surface area contributed by atoms with Crippen LogP contribution in [0.4, 0.5) is 0 Å². The van der Waals surface area contributed by atoms with Crippen molar-refractivity contribution in [3.8, 4) is 0 Å². The zero-order valence-electron chi connectivity index (χ0n) is 12.2. The molecule has 17 heavy (non-hydrogen) atoms. The summed E-state index contributed by atoms with van der Waals surface area (Å²) in [6.07, 6.45) is 8.58. The van der Waals surface area contributed by atoms with Crippen molar-refractivity contribution in [2.75, 3.05) is 13.7 Å². The molecule has 0 heterocycles. The first-order valence-electron chi connectivity index (χ1n) is 7.47. The molecule has 2 nitrogen and oxygen atoms in total. The fourth-order valence-electron chi connectivity index (χ4n) is 3.16. The molecule has 0 radical (unpaired) electrons. The van der Waals surface area contributed by atoms with Gasteiger partial charge in [-0.1, -0.05) is 33.1 Å². The quantitative estimate of drug-likeness (QED) is 0.735. The lowest BCUT2D eigenvalue weighted by molar-refractivity contribution is -0.0202. The summed E-state index contributed by atoms with van der Waals surface area (Å²) >= 11 is 0. The van der Waals surface area contributed by atoms with Gasteiger partial charge in [0.2, 0.25) is 0 Å². The third-order valence-corrected chi connectivity index (χ3v) is 3.97. The molecule has 1 N–H and O–H groups in total. The molecule has 1 aliphatic rings. The summed E-state index contributed by atoms with van der Waals surface area (Å²) in [7, 11) is 2.09. The van der Waals surface area contributed by atoms with Crippen molar-refractivity contribution in [1.29, 1.82) is 0 Å². The van der Waals surface area contributed by atoms with Crippen molar-refractivity contribution in [3.63, 3.8) is 0 Å². The Hall–Kier alpha value is -0.0800. The predicted octanol–water partition coefficient (Wildman–Crippen LogP) is 3.61. The van der Waals surface area contributed by atoms with Crippen LogP contribution in [0.3, 0.4) is 0 Å². The Labute approximate surface area is 108 Å². The topological polar surface area (TPSA) is 21.3 Å². The highest BCUT2D eigenvalue weighted by Gasteiger charge is 2.30. The first-order valence-corrected chi connectivity index (χ1v) is 7.47. The Morgan fingerprint density at radius 1 is 1.18 bits per heavy atom. The van der Waals surface area contributed by atoms with E-state index in [2.05, 4.69) is 33.1 Å². The van der Waals surface area contributed by atoms with E-state index in [0.29, 0.717) is 12.1 Å². The predicted molar refractivity (Wildman–Crippen MR) is 74.3 cm³/mol. The summed E-state index contributed by atoms with van der Waals surface area (Å²) < 4.78 is 6.07. The van der Waals surface area contributed by atoms with Gasteiger partial charge in [0.15, 0.2) is 0 Å². The molecule has 2 atom stereocenters. The second kappa shape index (κ2) is 8.10. The van der Waals surface area contributed by atoms with Crippen molar-refractivity contribution in [2.24, 2.45) is 11.8 Å². The first-order chi connectivity index (χ1) is 8.19. The zero-order chi connectivity index (χ0) is 12.7. The maximum atomic E-state index is 6.07. The molecular weight excluding hydrogens is 210 g/mol. The number of likely N-dealkylation sites (N-methyl/N-ethyl adjacent to an activating group) is 1. The van der Waals surface area contributed by atoms with E-state index in [-0.39, 0.29) is 0 Å². The van der Waals surface area contributed by atoms with Crippen molar-refractivity contribution in [2.45, 2.75) is 71.4 Å². The molecule has 0 aromatic carbocycles. The van der Waals surface area contributed by atoms with Crippen molar-refractivity contribution < 1.29 is 4.74 Å². The molecule has 1 aliphatic carbocycles. The Balaban J connectivity index is 2.59. The van der Waals surface area contributed by atoms with E-state index >= 15 is 0 Å². The summed E-state index contributed by atoms with van der Waals surface area (Å²) in [5.41, 5.74) is 0. The SMILES string of the molecule is CCOC(C1CCCCC1)C(CC(C)C)NC. The molecule has 1 fully saturated rings. The Kier molecular flexibility index (Phi) is 7.14. The largest absolute Gasteiger partial charge is 0.377 e. The van der Waals surface area contributed by atoms with Gasteiger partial charge >= 0.3 is 0 Å². The van der Waals surface area contributed by atoms with Crippen LogP contribution < -0.4 is 5.32 Å². The average Bonchev–Trinajstić information content (AvgIpc) is 2.34. The molecule has 0 saturated heterocycles. The monoisotopic (exact) mass is 241 g/mol. The standard InChI is InChI=1S/C15H31NO/c1-5-17-15(13-9-7-6-8-10-13)14(16-4)11-12(2)3/h12-16H,5-11H2,1-4H3. The Morgan fingerprint density at radius 3 is 2.29 bits per heavy atom. The van der Waals surface area contributed by atoms with E-state index in [4.69, 9.17) is 4.74 Å². The lowest BCUT2D eigenvalue weighted by atomic mass is 9.81. The summed E-state index contributed by atoms with van der Waals surface area (Å²) in [5.74, 6) is 1.51. The van der Waals surface area contributed by atoms with Crippen LogP contribution in [0.2, 0.25) is 0 Å². The van der Waals surface area contributed by atoms with Gasteiger partial charge in [0.25, 0.3) is 0 Å². The van der Waals surface area contributed by atoms with E-state index in [0.717, 1.165) is 18.4 Å². The minimum atomic E-state index is 0.424. The van der Waals surface area contributed by atoms with E-state index < -0.39 is 0 Å². The van der Waals surface area contributed by atoms with Crippen LogP contribution in [0.5, 0.6) is 0 Å². The van der Waals surface area contributed by atoms with Crippen LogP contribution in [0.15, 0.2) is 0 Å². The molecule has 1 rings (SSSR count). The van der Waals surface area contributed by atoms with Crippen molar-refractivity contribution in [3.05, 3.63) is 0 Å². The highest BCUT2D eigenvalue weighted by Crippen LogP contribution is 2.30. The number of ether oxygens (including phenoxy) is 1. The van der Waals surface area contributed by atoms with Crippen LogP contribution in [0.1, 0.15) is 59.3 Å². The molecule has 0 spiro atoms. The normalized spacial score (nSPS) is 21.7. The second-order valence-corrected chi connectivity index (χ2v) is 5.84. The number of nitrogens with one attached hydrogen (secondary N) is 1. The summed E-state index contributed by atoms with van der Waals surface area (Å²) in [6, 6.07) is 0.526. The van der Waals surface area contributed by atoms with Crippen LogP contribution in [0, 0.1) is 11.8 Å². The lowest BCUT2D eigenvalue weighted by Gasteiger charge is -2.36. The third kappa shape index (κ3) is 4.97. The smallest absolute Gasteiger partial charge is 0.0755 e. The van der Waals surface area contributed by atoms with Gasteiger partial charge in [-0.15, -0.1) is 0 Å². The van der Waals surface area contributed by atoms with Gasteiger partial charge in [0.05, 0.1) is 6.10 Å². The molecule has 0 aromatic heterocycles. The highest BCUT2D eigenvalue weighted by atomic mass is 16.5. The van der Waals surface area contributed by atoms with Crippen LogP contribution in [-0.4, -0.2) is 25.8 Å². The summed E-state index contributed by atoms with van der Waals surface area (Å²) in [4.78, 5) is 0. The first kappa shape index (κ1) is 15.0. The molecule has 2 unspecified atom stereocenters. The maximum absolute atomic E-state index is 6.07. The maximum Gasteiger partial charge on any atom is 0.0755 e. The number of hydrogen-bond acceptors (Lipinski definition) is 2. The molecular formula is C15H31NO. The fraction of sp³-hybridized carbons (Fsp3) is 1.00. The minimum Gasteiger partial charge on any atom is -0.377 e. The average molecular weight is 241 g/mol. The molecule has 0 aliphatic heterocycles.